The third-order valence-corrected chi connectivity index (χ3v) is 4.70. The summed E-state index contributed by atoms with van der Waals surface area (Å²) < 4.78 is 17.8. The number of aromatic nitrogens is 2. The van der Waals surface area contributed by atoms with Crippen molar-refractivity contribution in [2.45, 2.75) is 71.3 Å². The van der Waals surface area contributed by atoms with Gasteiger partial charge in [-0.1, -0.05) is 0 Å². The molecule has 1 aliphatic heterocycles. The van der Waals surface area contributed by atoms with Crippen molar-refractivity contribution in [3.63, 3.8) is 0 Å². The lowest BCUT2D eigenvalue weighted by Crippen LogP contribution is -2.33. The number of carbonyl (C=O) groups is 1. The number of fused-ring (bicyclic) bond motifs is 1. The van der Waals surface area contributed by atoms with Gasteiger partial charge >= 0.3 is 5.97 Å². The second-order valence-electron chi connectivity index (χ2n) is 6.59. The number of hydrogen-bond donors (Lipinski definition) is 0. The van der Waals surface area contributed by atoms with Crippen molar-refractivity contribution in [1.82, 2.24) is 9.78 Å². The van der Waals surface area contributed by atoms with Gasteiger partial charge in [-0.15, -0.1) is 0 Å². The van der Waals surface area contributed by atoms with Crippen LogP contribution in [-0.4, -0.2) is 35.3 Å². The highest BCUT2D eigenvalue weighted by molar-refractivity contribution is 5.65. The Kier molecular flexibility index (Phi) is 6.20. The van der Waals surface area contributed by atoms with E-state index in [1.165, 1.54) is 11.6 Å². The van der Waals surface area contributed by atoms with Gasteiger partial charge in [0.25, 0.3) is 5.56 Å². The lowest BCUT2D eigenvalue weighted by atomic mass is 9.93. The molecule has 0 amide bonds. The summed E-state index contributed by atoms with van der Waals surface area (Å²) in [7, 11) is 0. The fourth-order valence-corrected chi connectivity index (χ4v) is 3.39. The van der Waals surface area contributed by atoms with E-state index in [2.05, 4.69) is 5.10 Å². The molecular formula is C18H26N2O5. The van der Waals surface area contributed by atoms with Crippen LogP contribution in [0, 0.1) is 0 Å². The normalized spacial score (nSPS) is 20.1. The minimum atomic E-state index is -0.384. The van der Waals surface area contributed by atoms with Crippen LogP contribution in [0.25, 0.3) is 0 Å². The smallest absolute Gasteiger partial charge is 0.302 e. The van der Waals surface area contributed by atoms with Crippen LogP contribution in [0.2, 0.25) is 0 Å². The number of hydrogen-bond acceptors (Lipinski definition) is 6. The molecule has 1 aliphatic carbocycles. The Morgan fingerprint density at radius 3 is 2.88 bits per heavy atom. The first-order valence-corrected chi connectivity index (χ1v) is 9.13. The minimum Gasteiger partial charge on any atom is -0.461 e. The van der Waals surface area contributed by atoms with Gasteiger partial charge in [0.05, 0.1) is 24.4 Å². The maximum Gasteiger partial charge on any atom is 0.302 e. The van der Waals surface area contributed by atoms with Gasteiger partial charge in [0.1, 0.15) is 6.61 Å². The van der Waals surface area contributed by atoms with Crippen molar-refractivity contribution >= 4 is 5.97 Å². The molecule has 0 aromatic carbocycles. The van der Waals surface area contributed by atoms with Crippen LogP contribution in [0.4, 0.5) is 0 Å². The molecule has 7 nitrogen and oxygen atoms in total. The second-order valence-corrected chi connectivity index (χ2v) is 6.59. The molecular weight excluding hydrogens is 324 g/mol. The van der Waals surface area contributed by atoms with Gasteiger partial charge in [-0.3, -0.25) is 9.59 Å². The van der Waals surface area contributed by atoms with E-state index in [4.69, 9.17) is 14.2 Å². The Balaban J connectivity index is 1.72. The molecule has 1 fully saturated rings. The summed E-state index contributed by atoms with van der Waals surface area (Å²) in [6.45, 7) is 2.85. The second kappa shape index (κ2) is 8.58. The standard InChI is InChI=1S/C18H26N2O5/c1-13(21)25-12-15-14-6-2-3-7-16(14)19-20(18(15)22)9-11-24-17-8-4-5-10-23-17/h17H,2-12H2,1H3. The first-order valence-electron chi connectivity index (χ1n) is 9.13. The molecule has 0 saturated carbocycles. The van der Waals surface area contributed by atoms with Crippen LogP contribution < -0.4 is 5.56 Å². The zero-order valence-electron chi connectivity index (χ0n) is 14.8. The number of aryl methyl sites for hydroxylation is 1. The van der Waals surface area contributed by atoms with Crippen molar-refractivity contribution in [1.29, 1.82) is 0 Å². The molecule has 1 aromatic rings. The Morgan fingerprint density at radius 1 is 1.28 bits per heavy atom. The van der Waals surface area contributed by atoms with Crippen LogP contribution in [0.15, 0.2) is 4.79 Å². The average Bonchev–Trinajstić information content (AvgIpc) is 2.62. The van der Waals surface area contributed by atoms with Crippen molar-refractivity contribution in [2.75, 3.05) is 13.2 Å². The van der Waals surface area contributed by atoms with E-state index in [-0.39, 0.29) is 24.4 Å². The van der Waals surface area contributed by atoms with E-state index < -0.39 is 0 Å². The van der Waals surface area contributed by atoms with Gasteiger partial charge < -0.3 is 14.2 Å². The monoisotopic (exact) mass is 350 g/mol. The van der Waals surface area contributed by atoms with Gasteiger partial charge in [-0.05, 0) is 50.5 Å². The molecule has 3 rings (SSSR count). The molecule has 0 radical (unpaired) electrons. The van der Waals surface area contributed by atoms with Crippen LogP contribution in [0.3, 0.4) is 0 Å². The number of rotatable bonds is 6. The van der Waals surface area contributed by atoms with E-state index in [1.807, 2.05) is 0 Å². The zero-order chi connectivity index (χ0) is 17.6. The molecule has 7 heteroatoms. The number of ether oxygens (including phenoxy) is 3. The Labute approximate surface area is 147 Å². The van der Waals surface area contributed by atoms with E-state index in [9.17, 15) is 9.59 Å². The minimum absolute atomic E-state index is 0.0195. The highest BCUT2D eigenvalue weighted by Crippen LogP contribution is 2.21. The molecule has 1 aromatic heterocycles. The SMILES string of the molecule is CC(=O)OCc1c2c(nn(CCOC3CCCCO3)c1=O)CCCC2. The highest BCUT2D eigenvalue weighted by Gasteiger charge is 2.21. The van der Waals surface area contributed by atoms with Crippen molar-refractivity contribution in [3.05, 3.63) is 27.2 Å². The Morgan fingerprint density at radius 2 is 2.12 bits per heavy atom. The van der Waals surface area contributed by atoms with Gasteiger partial charge in [-0.2, -0.15) is 5.10 Å². The van der Waals surface area contributed by atoms with Crippen LogP contribution in [-0.2, 0) is 45.0 Å². The summed E-state index contributed by atoms with van der Waals surface area (Å²) >= 11 is 0. The molecule has 138 valence electrons. The third-order valence-electron chi connectivity index (χ3n) is 4.70. The molecule has 2 aliphatic rings. The Bertz CT molecular complexity index is 664. The molecule has 0 N–H and O–H groups in total. The van der Waals surface area contributed by atoms with Gasteiger partial charge in [0.2, 0.25) is 0 Å². The lowest BCUT2D eigenvalue weighted by molar-refractivity contribution is -0.164. The summed E-state index contributed by atoms with van der Waals surface area (Å²) in [6.07, 6.45) is 6.67. The lowest BCUT2D eigenvalue weighted by Gasteiger charge is -2.23. The maximum absolute atomic E-state index is 12.8. The topological polar surface area (TPSA) is 79.7 Å². The molecule has 2 heterocycles. The molecule has 0 spiro atoms. The molecule has 25 heavy (non-hydrogen) atoms. The first kappa shape index (κ1) is 18.1. The van der Waals surface area contributed by atoms with Crippen LogP contribution >= 0.6 is 0 Å². The fourth-order valence-electron chi connectivity index (χ4n) is 3.39. The summed E-state index contributed by atoms with van der Waals surface area (Å²) in [5, 5.41) is 4.53. The van der Waals surface area contributed by atoms with E-state index >= 15 is 0 Å². The predicted octanol–water partition coefficient (Wildman–Crippen LogP) is 1.73. The quantitative estimate of drug-likeness (QED) is 0.727. The average molecular weight is 350 g/mol. The van der Waals surface area contributed by atoms with Crippen molar-refractivity contribution in [3.8, 4) is 0 Å². The third kappa shape index (κ3) is 4.67. The summed E-state index contributed by atoms with van der Waals surface area (Å²) in [5.41, 5.74) is 2.29. The largest absolute Gasteiger partial charge is 0.461 e. The first-order chi connectivity index (χ1) is 12.1. The number of esters is 1. The van der Waals surface area contributed by atoms with Crippen molar-refractivity contribution < 1.29 is 19.0 Å². The molecule has 1 saturated heterocycles. The van der Waals surface area contributed by atoms with E-state index in [0.717, 1.165) is 62.8 Å². The van der Waals surface area contributed by atoms with Gasteiger partial charge in [0, 0.05) is 13.5 Å². The predicted molar refractivity (Wildman–Crippen MR) is 90.2 cm³/mol. The van der Waals surface area contributed by atoms with Gasteiger partial charge in [-0.25, -0.2) is 4.68 Å². The fraction of sp³-hybridized carbons (Fsp3) is 0.722. The summed E-state index contributed by atoms with van der Waals surface area (Å²) in [6, 6.07) is 0. The van der Waals surface area contributed by atoms with E-state index in [0.29, 0.717) is 18.7 Å². The molecule has 1 unspecified atom stereocenters. The molecule has 0 bridgehead atoms. The zero-order valence-corrected chi connectivity index (χ0v) is 14.8. The summed E-state index contributed by atoms with van der Waals surface area (Å²) in [4.78, 5) is 23.9. The Hall–Kier alpha value is -1.73. The molecule has 1 atom stereocenters. The van der Waals surface area contributed by atoms with Crippen LogP contribution in [0.5, 0.6) is 0 Å². The van der Waals surface area contributed by atoms with E-state index in [1.54, 1.807) is 0 Å². The van der Waals surface area contributed by atoms with Crippen LogP contribution in [0.1, 0.15) is 55.8 Å². The highest BCUT2D eigenvalue weighted by atomic mass is 16.7. The number of nitrogens with zero attached hydrogens (tertiary/aromatic N) is 2. The summed E-state index contributed by atoms with van der Waals surface area (Å²) in [5.74, 6) is -0.384. The van der Waals surface area contributed by atoms with Crippen molar-refractivity contribution in [2.24, 2.45) is 0 Å². The van der Waals surface area contributed by atoms with Gasteiger partial charge in [0.15, 0.2) is 6.29 Å². The number of carbonyl (C=O) groups excluding carboxylic acids is 1. The maximum atomic E-state index is 12.8.